The van der Waals surface area contributed by atoms with Gasteiger partial charge in [-0.3, -0.25) is 9.59 Å². The summed E-state index contributed by atoms with van der Waals surface area (Å²) in [4.78, 5) is 26.2. The van der Waals surface area contributed by atoms with Crippen LogP contribution < -0.4 is 5.32 Å². The van der Waals surface area contributed by atoms with Gasteiger partial charge in [0.05, 0.1) is 25.2 Å². The van der Waals surface area contributed by atoms with Crippen LogP contribution >= 0.6 is 0 Å². The standard InChI is InChI=1S/C62H105NO5/c1-4-7-10-13-16-19-22-25-28-30-33-36-39-42-45-48-51-54-60(65)59(57-64)63-61(66)56-58(53-50-47-44-41-38-35-32-27-24-21-18-15-12-9-6-3)68-62(67)55-52-49-46-43-40-37-34-31-29-26-23-20-17-14-11-8-5-2/h8,11,14,17-18,20-21,23,26-27,29,31-32,34,37-38,40-41,58-60,64-65H,4-7,9-10,12-13,15-16,19,22,24-25,28,30,33,35-36,39,42-57H2,1-3H3,(H,63,66)/b11-8-,17-14+,21-18-,23-20+,29-26-,32-27-,34-31+,40-37+,41-38-. The summed E-state index contributed by atoms with van der Waals surface area (Å²) in [6, 6.07) is -0.732. The van der Waals surface area contributed by atoms with Crippen molar-refractivity contribution in [1.29, 1.82) is 0 Å². The third-order valence-electron chi connectivity index (χ3n) is 12.2. The van der Waals surface area contributed by atoms with E-state index in [9.17, 15) is 19.8 Å². The van der Waals surface area contributed by atoms with E-state index in [2.05, 4.69) is 80.8 Å². The lowest BCUT2D eigenvalue weighted by Crippen LogP contribution is -2.46. The van der Waals surface area contributed by atoms with E-state index in [-0.39, 0.29) is 24.9 Å². The average molecular weight is 945 g/mol. The Bertz CT molecular complexity index is 1380. The van der Waals surface area contributed by atoms with Gasteiger partial charge in [0.15, 0.2) is 0 Å². The molecule has 0 heterocycles. The van der Waals surface area contributed by atoms with E-state index in [0.29, 0.717) is 19.3 Å². The fraction of sp³-hybridized carbons (Fsp3) is 0.677. The number of aliphatic hydroxyl groups is 2. The lowest BCUT2D eigenvalue weighted by molar-refractivity contribution is -0.151. The number of ether oxygens (including phenoxy) is 1. The zero-order valence-electron chi connectivity index (χ0n) is 44.2. The lowest BCUT2D eigenvalue weighted by atomic mass is 10.0. The van der Waals surface area contributed by atoms with E-state index in [4.69, 9.17) is 4.74 Å². The van der Waals surface area contributed by atoms with Gasteiger partial charge in [0.25, 0.3) is 0 Å². The molecule has 0 rings (SSSR count). The van der Waals surface area contributed by atoms with E-state index in [0.717, 1.165) is 83.5 Å². The zero-order chi connectivity index (χ0) is 49.5. The van der Waals surface area contributed by atoms with Crippen molar-refractivity contribution in [2.75, 3.05) is 6.61 Å². The number of hydrogen-bond acceptors (Lipinski definition) is 5. The number of carbonyl (C=O) groups is 2. The Morgan fingerprint density at radius 1 is 0.456 bits per heavy atom. The van der Waals surface area contributed by atoms with Crippen molar-refractivity contribution < 1.29 is 24.5 Å². The molecular formula is C62H105NO5. The Labute approximate surface area is 419 Å². The van der Waals surface area contributed by atoms with Crippen LogP contribution in [0.25, 0.3) is 0 Å². The highest BCUT2D eigenvalue weighted by Crippen LogP contribution is 2.17. The fourth-order valence-electron chi connectivity index (χ4n) is 8.00. The predicted octanol–water partition coefficient (Wildman–Crippen LogP) is 17.5. The summed E-state index contributed by atoms with van der Waals surface area (Å²) in [7, 11) is 0. The van der Waals surface area contributed by atoms with Gasteiger partial charge in [-0.2, -0.15) is 0 Å². The normalized spacial score (nSPS) is 14.0. The third-order valence-corrected chi connectivity index (χ3v) is 12.2. The van der Waals surface area contributed by atoms with Crippen molar-refractivity contribution >= 4 is 11.9 Å². The summed E-state index contributed by atoms with van der Waals surface area (Å²) >= 11 is 0. The lowest BCUT2D eigenvalue weighted by Gasteiger charge is -2.24. The Hall–Kier alpha value is -3.48. The van der Waals surface area contributed by atoms with E-state index in [1.165, 1.54) is 116 Å². The van der Waals surface area contributed by atoms with E-state index in [1.54, 1.807) is 0 Å². The van der Waals surface area contributed by atoms with E-state index in [1.807, 2.05) is 54.7 Å². The van der Waals surface area contributed by atoms with Crippen LogP contribution in [-0.4, -0.2) is 46.9 Å². The Morgan fingerprint density at radius 3 is 1.37 bits per heavy atom. The summed E-state index contributed by atoms with van der Waals surface area (Å²) in [6.45, 7) is 6.30. The van der Waals surface area contributed by atoms with Crippen LogP contribution in [-0.2, 0) is 14.3 Å². The quantitative estimate of drug-likeness (QED) is 0.0244. The molecule has 3 atom stereocenters. The van der Waals surface area contributed by atoms with Crippen molar-refractivity contribution in [1.82, 2.24) is 5.32 Å². The number of unbranched alkanes of at least 4 members (excludes halogenated alkanes) is 24. The van der Waals surface area contributed by atoms with Crippen molar-refractivity contribution in [3.05, 3.63) is 109 Å². The van der Waals surface area contributed by atoms with Gasteiger partial charge in [-0.15, -0.1) is 0 Å². The highest BCUT2D eigenvalue weighted by Gasteiger charge is 2.24. The zero-order valence-corrected chi connectivity index (χ0v) is 44.2. The second-order valence-electron chi connectivity index (χ2n) is 18.8. The molecular weight excluding hydrogens is 839 g/mol. The van der Waals surface area contributed by atoms with Crippen molar-refractivity contribution in [3.8, 4) is 0 Å². The van der Waals surface area contributed by atoms with Crippen molar-refractivity contribution in [3.63, 3.8) is 0 Å². The van der Waals surface area contributed by atoms with Crippen LogP contribution in [0.1, 0.15) is 245 Å². The van der Waals surface area contributed by atoms with Crippen molar-refractivity contribution in [2.45, 2.75) is 264 Å². The molecule has 0 bridgehead atoms. The molecule has 6 heteroatoms. The summed E-state index contributed by atoms with van der Waals surface area (Å²) in [5, 5.41) is 23.9. The molecule has 1 amide bonds. The molecule has 0 aliphatic carbocycles. The molecule has 0 radical (unpaired) electrons. The van der Waals surface area contributed by atoms with E-state index < -0.39 is 18.2 Å². The van der Waals surface area contributed by atoms with Crippen LogP contribution in [0.4, 0.5) is 0 Å². The maximum Gasteiger partial charge on any atom is 0.306 e. The van der Waals surface area contributed by atoms with Crippen LogP contribution in [0.5, 0.6) is 0 Å². The number of carbonyl (C=O) groups excluding carboxylic acids is 2. The monoisotopic (exact) mass is 944 g/mol. The molecule has 0 saturated carbocycles. The molecule has 68 heavy (non-hydrogen) atoms. The van der Waals surface area contributed by atoms with Gasteiger partial charge >= 0.3 is 5.97 Å². The number of aliphatic hydroxyl groups excluding tert-OH is 2. The summed E-state index contributed by atoms with van der Waals surface area (Å²) in [5.41, 5.74) is 0. The van der Waals surface area contributed by atoms with Crippen LogP contribution in [0.2, 0.25) is 0 Å². The van der Waals surface area contributed by atoms with Gasteiger partial charge in [-0.1, -0.05) is 259 Å². The molecule has 0 aromatic rings. The molecule has 0 aromatic carbocycles. The summed E-state index contributed by atoms with van der Waals surface area (Å²) < 4.78 is 5.91. The topological polar surface area (TPSA) is 95.9 Å². The second kappa shape index (κ2) is 54.5. The minimum atomic E-state index is -0.814. The average Bonchev–Trinajstić information content (AvgIpc) is 3.33. The highest BCUT2D eigenvalue weighted by atomic mass is 16.5. The predicted molar refractivity (Wildman–Crippen MR) is 296 cm³/mol. The fourth-order valence-corrected chi connectivity index (χ4v) is 8.00. The number of allylic oxidation sites excluding steroid dienone is 18. The SMILES string of the molecule is CC\C=C/C=C/C=C/C=C\C=C\C=C\CCCCCC(=O)OC(CCCC/C=C\C/C=C\C/C=C\CCCCC)CC(=O)NC(CO)C(O)CCCCCCCCCCCCCCCCCCC. The first-order chi connectivity index (χ1) is 33.5. The molecule has 3 unspecified atom stereocenters. The summed E-state index contributed by atoms with van der Waals surface area (Å²) in [6.07, 6.45) is 74.3. The summed E-state index contributed by atoms with van der Waals surface area (Å²) in [5.74, 6) is -0.568. The maximum atomic E-state index is 13.3. The molecule has 0 fully saturated rings. The first kappa shape index (κ1) is 64.5. The minimum Gasteiger partial charge on any atom is -0.462 e. The first-order valence-corrected chi connectivity index (χ1v) is 28.2. The van der Waals surface area contributed by atoms with Crippen LogP contribution in [0.15, 0.2) is 109 Å². The Kier molecular flexibility index (Phi) is 51.7. The van der Waals surface area contributed by atoms with Crippen LogP contribution in [0, 0.1) is 0 Å². The van der Waals surface area contributed by atoms with Gasteiger partial charge in [-0.25, -0.2) is 0 Å². The third kappa shape index (κ3) is 49.0. The molecule has 3 N–H and O–H groups in total. The van der Waals surface area contributed by atoms with E-state index >= 15 is 0 Å². The Balaban J connectivity index is 4.71. The highest BCUT2D eigenvalue weighted by molar-refractivity contribution is 5.77. The van der Waals surface area contributed by atoms with Crippen molar-refractivity contribution in [2.24, 2.45) is 0 Å². The van der Waals surface area contributed by atoms with Gasteiger partial charge in [0.1, 0.15) is 6.10 Å². The van der Waals surface area contributed by atoms with Gasteiger partial charge < -0.3 is 20.3 Å². The molecule has 0 spiro atoms. The van der Waals surface area contributed by atoms with Gasteiger partial charge in [0.2, 0.25) is 5.91 Å². The molecule has 0 aliphatic heterocycles. The number of esters is 1. The molecule has 0 aromatic heterocycles. The molecule has 0 saturated heterocycles. The first-order valence-electron chi connectivity index (χ1n) is 28.2. The number of hydrogen-bond donors (Lipinski definition) is 3. The second-order valence-corrected chi connectivity index (χ2v) is 18.8. The van der Waals surface area contributed by atoms with Gasteiger partial charge in [-0.05, 0) is 83.5 Å². The number of nitrogens with one attached hydrogen (secondary N) is 1. The minimum absolute atomic E-state index is 0.0270. The molecule has 6 nitrogen and oxygen atoms in total. The number of amides is 1. The largest absolute Gasteiger partial charge is 0.462 e. The molecule has 388 valence electrons. The maximum absolute atomic E-state index is 13.3. The smallest absolute Gasteiger partial charge is 0.306 e. The van der Waals surface area contributed by atoms with Crippen LogP contribution in [0.3, 0.4) is 0 Å². The number of rotatable bonds is 49. The Morgan fingerprint density at radius 2 is 0.853 bits per heavy atom. The molecule has 0 aliphatic rings. The van der Waals surface area contributed by atoms with Gasteiger partial charge in [0, 0.05) is 6.42 Å².